The van der Waals surface area contributed by atoms with Gasteiger partial charge in [0, 0.05) is 12.1 Å². The van der Waals surface area contributed by atoms with Crippen LogP contribution in [0.15, 0.2) is 48.5 Å². The van der Waals surface area contributed by atoms with Crippen molar-refractivity contribution in [2.45, 2.75) is 6.42 Å². The van der Waals surface area contributed by atoms with Gasteiger partial charge < -0.3 is 10.4 Å². The maximum Gasteiger partial charge on any atom is 0.335 e. The van der Waals surface area contributed by atoms with Crippen molar-refractivity contribution >= 4 is 28.9 Å². The SMILES string of the molecule is O=C(O)c1ccc(NC(=O)c2nnc(Cc3ccccc3F)s2)cc1. The van der Waals surface area contributed by atoms with Gasteiger partial charge in [0.15, 0.2) is 0 Å². The van der Waals surface area contributed by atoms with E-state index >= 15 is 0 Å². The molecule has 0 aliphatic carbocycles. The molecule has 6 nitrogen and oxygen atoms in total. The maximum absolute atomic E-state index is 13.7. The lowest BCUT2D eigenvalue weighted by molar-refractivity contribution is 0.0696. The van der Waals surface area contributed by atoms with Crippen molar-refractivity contribution in [2.24, 2.45) is 0 Å². The molecule has 0 aliphatic heterocycles. The first-order chi connectivity index (χ1) is 12.0. The van der Waals surface area contributed by atoms with Gasteiger partial charge in [0.2, 0.25) is 5.01 Å². The van der Waals surface area contributed by atoms with E-state index in [4.69, 9.17) is 5.11 Å². The van der Waals surface area contributed by atoms with Crippen molar-refractivity contribution in [2.75, 3.05) is 5.32 Å². The maximum atomic E-state index is 13.7. The number of halogens is 1. The Kier molecular flexibility index (Phi) is 4.80. The van der Waals surface area contributed by atoms with Crippen molar-refractivity contribution in [1.82, 2.24) is 10.2 Å². The van der Waals surface area contributed by atoms with E-state index in [0.29, 0.717) is 16.3 Å². The molecule has 0 aliphatic rings. The monoisotopic (exact) mass is 357 g/mol. The molecule has 3 rings (SSSR count). The third-order valence-electron chi connectivity index (χ3n) is 3.35. The number of carbonyl (C=O) groups excluding carboxylic acids is 1. The van der Waals surface area contributed by atoms with Gasteiger partial charge in [-0.15, -0.1) is 10.2 Å². The van der Waals surface area contributed by atoms with Gasteiger partial charge in [-0.1, -0.05) is 29.5 Å². The molecule has 1 aromatic heterocycles. The minimum Gasteiger partial charge on any atom is -0.478 e. The van der Waals surface area contributed by atoms with Gasteiger partial charge in [0.25, 0.3) is 5.91 Å². The quantitative estimate of drug-likeness (QED) is 0.731. The first-order valence-corrected chi connectivity index (χ1v) is 8.05. The number of rotatable bonds is 5. The molecule has 3 aromatic rings. The summed E-state index contributed by atoms with van der Waals surface area (Å²) >= 11 is 1.08. The minimum absolute atomic E-state index is 0.126. The van der Waals surface area contributed by atoms with Crippen LogP contribution in [0.25, 0.3) is 0 Å². The number of carboxylic acid groups (broad SMARTS) is 1. The number of hydrogen-bond donors (Lipinski definition) is 2. The lowest BCUT2D eigenvalue weighted by atomic mass is 10.1. The Bertz CT molecular complexity index is 925. The highest BCUT2D eigenvalue weighted by Crippen LogP contribution is 2.18. The Morgan fingerprint density at radius 1 is 1.08 bits per heavy atom. The zero-order chi connectivity index (χ0) is 17.8. The number of carboxylic acids is 1. The van der Waals surface area contributed by atoms with Crippen molar-refractivity contribution in [1.29, 1.82) is 0 Å². The van der Waals surface area contributed by atoms with Crippen LogP contribution in [0, 0.1) is 5.82 Å². The predicted molar refractivity (Wildman–Crippen MR) is 90.5 cm³/mol. The van der Waals surface area contributed by atoms with Crippen LogP contribution < -0.4 is 5.32 Å². The number of nitrogens with zero attached hydrogens (tertiary/aromatic N) is 2. The minimum atomic E-state index is -1.04. The Balaban J connectivity index is 1.68. The Hall–Kier alpha value is -3.13. The van der Waals surface area contributed by atoms with Crippen molar-refractivity contribution in [3.8, 4) is 0 Å². The molecular weight excluding hydrogens is 345 g/mol. The highest BCUT2D eigenvalue weighted by Gasteiger charge is 2.14. The number of aromatic carboxylic acids is 1. The molecule has 0 radical (unpaired) electrons. The van der Waals surface area contributed by atoms with Gasteiger partial charge >= 0.3 is 5.97 Å². The molecule has 0 spiro atoms. The summed E-state index contributed by atoms with van der Waals surface area (Å²) in [7, 11) is 0. The van der Waals surface area contributed by atoms with Crippen LogP contribution in [-0.4, -0.2) is 27.2 Å². The summed E-state index contributed by atoms with van der Waals surface area (Å²) in [6.45, 7) is 0. The Morgan fingerprint density at radius 2 is 1.80 bits per heavy atom. The first-order valence-electron chi connectivity index (χ1n) is 7.23. The third-order valence-corrected chi connectivity index (χ3v) is 4.27. The molecule has 0 fully saturated rings. The Labute approximate surface area is 146 Å². The lowest BCUT2D eigenvalue weighted by Gasteiger charge is -2.02. The smallest absolute Gasteiger partial charge is 0.335 e. The molecule has 0 saturated carbocycles. The largest absolute Gasteiger partial charge is 0.478 e. The van der Waals surface area contributed by atoms with Gasteiger partial charge in [0.1, 0.15) is 10.8 Å². The van der Waals surface area contributed by atoms with Gasteiger partial charge in [-0.3, -0.25) is 4.79 Å². The van der Waals surface area contributed by atoms with Crippen LogP contribution in [0.1, 0.15) is 30.7 Å². The molecule has 0 bridgehead atoms. The van der Waals surface area contributed by atoms with E-state index in [2.05, 4.69) is 15.5 Å². The number of amides is 1. The van der Waals surface area contributed by atoms with E-state index in [1.807, 2.05) is 0 Å². The highest BCUT2D eigenvalue weighted by atomic mass is 32.1. The zero-order valence-electron chi connectivity index (χ0n) is 12.8. The molecule has 0 atom stereocenters. The number of benzene rings is 2. The molecular formula is C17H12FN3O3S. The van der Waals surface area contributed by atoms with Crippen LogP contribution in [0.5, 0.6) is 0 Å². The topological polar surface area (TPSA) is 92.2 Å². The number of anilines is 1. The van der Waals surface area contributed by atoms with E-state index in [1.165, 1.54) is 30.3 Å². The van der Waals surface area contributed by atoms with Crippen LogP contribution in [0.2, 0.25) is 0 Å². The fourth-order valence-corrected chi connectivity index (χ4v) is 2.86. The number of hydrogen-bond acceptors (Lipinski definition) is 5. The van der Waals surface area contributed by atoms with Crippen LogP contribution in [-0.2, 0) is 6.42 Å². The summed E-state index contributed by atoms with van der Waals surface area (Å²) < 4.78 is 13.7. The predicted octanol–water partition coefficient (Wildman–Crippen LogP) is 3.22. The summed E-state index contributed by atoms with van der Waals surface area (Å²) in [6, 6.07) is 12.1. The number of nitrogens with one attached hydrogen (secondary N) is 1. The Morgan fingerprint density at radius 3 is 2.48 bits per heavy atom. The fraction of sp³-hybridized carbons (Fsp3) is 0.0588. The van der Waals surface area contributed by atoms with Gasteiger partial charge in [-0.2, -0.15) is 0 Å². The second-order valence-electron chi connectivity index (χ2n) is 5.11. The van der Waals surface area contributed by atoms with Crippen LogP contribution in [0.4, 0.5) is 10.1 Å². The molecule has 2 aromatic carbocycles. The standard InChI is InChI=1S/C17H12FN3O3S/c18-13-4-2-1-3-11(13)9-14-20-21-16(25-14)15(22)19-12-7-5-10(6-8-12)17(23)24/h1-8H,9H2,(H,19,22)(H,23,24). The summed E-state index contributed by atoms with van der Waals surface area (Å²) in [5, 5.41) is 19.9. The van der Waals surface area contributed by atoms with E-state index in [9.17, 15) is 14.0 Å². The first kappa shape index (κ1) is 16.7. The molecule has 1 amide bonds. The summed E-state index contributed by atoms with van der Waals surface area (Å²) in [6.07, 6.45) is 0.255. The number of aromatic nitrogens is 2. The normalized spacial score (nSPS) is 10.4. The third kappa shape index (κ3) is 4.04. The summed E-state index contributed by atoms with van der Waals surface area (Å²) in [4.78, 5) is 23.0. The molecule has 1 heterocycles. The van der Waals surface area contributed by atoms with Crippen molar-refractivity contribution in [3.63, 3.8) is 0 Å². The van der Waals surface area contributed by atoms with E-state index in [-0.39, 0.29) is 22.8 Å². The average molecular weight is 357 g/mol. The van der Waals surface area contributed by atoms with Crippen molar-refractivity contribution < 1.29 is 19.1 Å². The second kappa shape index (κ2) is 7.18. The molecule has 8 heteroatoms. The highest BCUT2D eigenvalue weighted by molar-refractivity contribution is 7.13. The lowest BCUT2D eigenvalue weighted by Crippen LogP contribution is -2.11. The molecule has 0 unspecified atom stereocenters. The summed E-state index contributed by atoms with van der Waals surface area (Å²) in [5.74, 6) is -1.83. The van der Waals surface area contributed by atoms with Crippen molar-refractivity contribution in [3.05, 3.63) is 75.5 Å². The second-order valence-corrected chi connectivity index (χ2v) is 6.17. The zero-order valence-corrected chi connectivity index (χ0v) is 13.6. The van der Waals surface area contributed by atoms with Gasteiger partial charge in [-0.05, 0) is 35.9 Å². The van der Waals surface area contributed by atoms with Gasteiger partial charge in [0.05, 0.1) is 5.56 Å². The van der Waals surface area contributed by atoms with Crippen LogP contribution >= 0.6 is 11.3 Å². The molecule has 126 valence electrons. The van der Waals surface area contributed by atoms with Crippen LogP contribution in [0.3, 0.4) is 0 Å². The summed E-state index contributed by atoms with van der Waals surface area (Å²) in [5.41, 5.74) is 1.05. The van der Waals surface area contributed by atoms with E-state index < -0.39 is 11.9 Å². The van der Waals surface area contributed by atoms with Gasteiger partial charge in [-0.25, -0.2) is 9.18 Å². The van der Waals surface area contributed by atoms with E-state index in [1.54, 1.807) is 18.2 Å². The fourth-order valence-electron chi connectivity index (χ4n) is 2.10. The number of carbonyl (C=O) groups is 2. The molecule has 25 heavy (non-hydrogen) atoms. The van der Waals surface area contributed by atoms with E-state index in [0.717, 1.165) is 11.3 Å². The molecule has 2 N–H and O–H groups in total. The molecule has 0 saturated heterocycles. The average Bonchev–Trinajstić information content (AvgIpc) is 3.06.